The van der Waals surface area contributed by atoms with Crippen molar-refractivity contribution < 1.29 is 15.0 Å². The predicted octanol–water partition coefficient (Wildman–Crippen LogP) is 6.48. The number of aliphatic hydroxyl groups excluding tert-OH is 1. The Morgan fingerprint density at radius 2 is 1.73 bits per heavy atom. The molecule has 0 aliphatic heterocycles. The average molecular weight is 457 g/mol. The van der Waals surface area contributed by atoms with Crippen LogP contribution in [-0.4, -0.2) is 27.7 Å². The maximum absolute atomic E-state index is 13.9. The fourth-order valence-electron chi connectivity index (χ4n) is 9.18. The summed E-state index contributed by atoms with van der Waals surface area (Å²) < 4.78 is 0. The van der Waals surface area contributed by atoms with Crippen LogP contribution in [0.15, 0.2) is 23.8 Å². The Morgan fingerprint density at radius 1 is 1.06 bits per heavy atom. The normalized spacial score (nSPS) is 45.9. The molecule has 3 nitrogen and oxygen atoms in total. The van der Waals surface area contributed by atoms with Crippen molar-refractivity contribution in [1.82, 2.24) is 0 Å². The van der Waals surface area contributed by atoms with Crippen LogP contribution in [0.4, 0.5) is 0 Å². The molecule has 8 unspecified atom stereocenters. The van der Waals surface area contributed by atoms with E-state index >= 15 is 0 Å². The average Bonchev–Trinajstić information content (AvgIpc) is 2.95. The van der Waals surface area contributed by atoms with E-state index in [2.05, 4.69) is 47.6 Å². The van der Waals surface area contributed by atoms with E-state index in [0.717, 1.165) is 32.1 Å². The van der Waals surface area contributed by atoms with Gasteiger partial charge in [0.05, 0.1) is 11.7 Å². The van der Waals surface area contributed by atoms with E-state index in [-0.39, 0.29) is 33.7 Å². The number of allylic oxidation sites excluding steroid dienone is 2. The quantitative estimate of drug-likeness (QED) is 0.476. The van der Waals surface area contributed by atoms with E-state index in [0.29, 0.717) is 23.5 Å². The molecule has 0 aromatic rings. The molecule has 0 spiro atoms. The highest BCUT2D eigenvalue weighted by Crippen LogP contribution is 2.74. The summed E-state index contributed by atoms with van der Waals surface area (Å²) in [6.07, 6.45) is 13.1. The van der Waals surface area contributed by atoms with Gasteiger partial charge in [-0.15, -0.1) is 0 Å². The molecule has 4 aliphatic carbocycles. The molecule has 0 amide bonds. The number of hydrogen-bond donors (Lipinski definition) is 2. The highest BCUT2D eigenvalue weighted by Gasteiger charge is 2.69. The third-order valence-corrected chi connectivity index (χ3v) is 11.4. The van der Waals surface area contributed by atoms with E-state index in [1.807, 2.05) is 26.0 Å². The lowest BCUT2D eigenvalue weighted by molar-refractivity contribution is -0.164. The number of fused-ring (bicyclic) bond motifs is 5. The fraction of sp³-hybridized carbons (Fsp3) is 0.833. The van der Waals surface area contributed by atoms with Crippen LogP contribution in [0, 0.1) is 45.3 Å². The molecule has 0 aromatic heterocycles. The van der Waals surface area contributed by atoms with Crippen LogP contribution in [0.5, 0.6) is 0 Å². The number of ketones is 1. The summed E-state index contributed by atoms with van der Waals surface area (Å²) in [7, 11) is 0. The van der Waals surface area contributed by atoms with Crippen molar-refractivity contribution >= 4 is 5.78 Å². The van der Waals surface area contributed by atoms with Crippen molar-refractivity contribution in [3.63, 3.8) is 0 Å². The lowest BCUT2D eigenvalue weighted by atomic mass is 9.39. The first-order valence-corrected chi connectivity index (χ1v) is 13.4. The highest BCUT2D eigenvalue weighted by atomic mass is 16.3. The molecule has 186 valence electrons. The van der Waals surface area contributed by atoms with Crippen molar-refractivity contribution in [2.45, 2.75) is 112 Å². The van der Waals surface area contributed by atoms with Crippen LogP contribution >= 0.6 is 0 Å². The van der Waals surface area contributed by atoms with Gasteiger partial charge in [0.2, 0.25) is 0 Å². The number of rotatable bonds is 4. The molecule has 0 heterocycles. The van der Waals surface area contributed by atoms with Crippen LogP contribution in [-0.2, 0) is 4.79 Å². The Balaban J connectivity index is 1.67. The van der Waals surface area contributed by atoms with Gasteiger partial charge in [-0.2, -0.15) is 0 Å². The Hall–Kier alpha value is -0.930. The summed E-state index contributed by atoms with van der Waals surface area (Å²) in [6.45, 7) is 17.6. The van der Waals surface area contributed by atoms with Crippen molar-refractivity contribution in [3.8, 4) is 0 Å². The molecule has 4 aliphatic rings. The van der Waals surface area contributed by atoms with Crippen molar-refractivity contribution in [2.24, 2.45) is 45.3 Å². The molecule has 0 aromatic carbocycles. The van der Waals surface area contributed by atoms with Gasteiger partial charge in [-0.1, -0.05) is 59.3 Å². The van der Waals surface area contributed by atoms with Gasteiger partial charge in [0.1, 0.15) is 0 Å². The Labute approximate surface area is 202 Å². The van der Waals surface area contributed by atoms with Crippen LogP contribution in [0.3, 0.4) is 0 Å². The largest absolute Gasteiger partial charge is 0.392 e. The highest BCUT2D eigenvalue weighted by molar-refractivity contribution is 5.95. The second kappa shape index (κ2) is 7.79. The molecule has 8 atom stereocenters. The van der Waals surface area contributed by atoms with Crippen molar-refractivity contribution in [3.05, 3.63) is 23.8 Å². The standard InChI is InChI=1S/C30H48O3/c1-19(10-9-14-26(2,3)33)20-13-15-30(8)25-23(31)18-22-21(11-12-24(32)27(22,4)5)28(25,6)16-17-29(20,30)7/h9,14,18-21,24-25,32-33H,10-13,15-17H2,1-8H3. The van der Waals surface area contributed by atoms with Gasteiger partial charge in [0.25, 0.3) is 0 Å². The lowest BCUT2D eigenvalue weighted by Crippen LogP contribution is -2.61. The Kier molecular flexibility index (Phi) is 5.94. The van der Waals surface area contributed by atoms with Crippen molar-refractivity contribution in [1.29, 1.82) is 0 Å². The summed E-state index contributed by atoms with van der Waals surface area (Å²) in [5.74, 6) is 1.95. The summed E-state index contributed by atoms with van der Waals surface area (Å²) in [5, 5.41) is 20.8. The zero-order valence-corrected chi connectivity index (χ0v) is 22.4. The molecule has 4 rings (SSSR count). The maximum Gasteiger partial charge on any atom is 0.159 e. The molecular weight excluding hydrogens is 408 g/mol. The number of carbonyl (C=O) groups is 1. The smallest absolute Gasteiger partial charge is 0.159 e. The molecule has 33 heavy (non-hydrogen) atoms. The number of carbonyl (C=O) groups excluding carboxylic acids is 1. The van der Waals surface area contributed by atoms with Crippen LogP contribution in [0.25, 0.3) is 0 Å². The van der Waals surface area contributed by atoms with E-state index in [9.17, 15) is 15.0 Å². The zero-order chi connectivity index (χ0) is 24.6. The Morgan fingerprint density at radius 3 is 2.36 bits per heavy atom. The third kappa shape index (κ3) is 3.63. The summed E-state index contributed by atoms with van der Waals surface area (Å²) in [6, 6.07) is 0. The molecule has 3 fully saturated rings. The van der Waals surface area contributed by atoms with Gasteiger partial charge < -0.3 is 10.2 Å². The van der Waals surface area contributed by atoms with E-state index < -0.39 is 5.60 Å². The summed E-state index contributed by atoms with van der Waals surface area (Å²) in [5.41, 5.74) is 0.305. The van der Waals surface area contributed by atoms with Gasteiger partial charge in [-0.25, -0.2) is 0 Å². The summed E-state index contributed by atoms with van der Waals surface area (Å²) >= 11 is 0. The zero-order valence-electron chi connectivity index (χ0n) is 22.4. The van der Waals surface area contributed by atoms with Gasteiger partial charge in [0, 0.05) is 11.3 Å². The predicted molar refractivity (Wildman–Crippen MR) is 135 cm³/mol. The SMILES string of the molecule is CC(CC=CC(C)(C)O)C1CCC2(C)C3C(=O)C=C4C(CCC(O)C4(C)C)C3(C)CCC12C. The van der Waals surface area contributed by atoms with Crippen LogP contribution in [0.1, 0.15) is 100 Å². The minimum atomic E-state index is -0.764. The van der Waals surface area contributed by atoms with Gasteiger partial charge in [-0.05, 0) is 98.9 Å². The minimum Gasteiger partial charge on any atom is -0.392 e. The number of aliphatic hydroxyl groups is 2. The fourth-order valence-corrected chi connectivity index (χ4v) is 9.18. The Bertz CT molecular complexity index is 860. The first-order valence-electron chi connectivity index (χ1n) is 13.4. The molecule has 0 saturated heterocycles. The van der Waals surface area contributed by atoms with Crippen LogP contribution < -0.4 is 0 Å². The lowest BCUT2D eigenvalue weighted by Gasteiger charge is -2.65. The van der Waals surface area contributed by atoms with E-state index in [4.69, 9.17) is 0 Å². The topological polar surface area (TPSA) is 57.5 Å². The molecule has 3 saturated carbocycles. The van der Waals surface area contributed by atoms with Gasteiger partial charge in [-0.3, -0.25) is 4.79 Å². The molecular formula is C30H48O3. The molecule has 3 heteroatoms. The third-order valence-electron chi connectivity index (χ3n) is 11.4. The van der Waals surface area contributed by atoms with Crippen LogP contribution in [0.2, 0.25) is 0 Å². The minimum absolute atomic E-state index is 0.00815. The van der Waals surface area contributed by atoms with Crippen molar-refractivity contribution in [2.75, 3.05) is 0 Å². The number of hydrogen-bond acceptors (Lipinski definition) is 3. The first-order chi connectivity index (χ1) is 15.1. The second-order valence-corrected chi connectivity index (χ2v) is 14.1. The van der Waals surface area contributed by atoms with Gasteiger partial charge in [0.15, 0.2) is 5.78 Å². The van der Waals surface area contributed by atoms with E-state index in [1.54, 1.807) is 0 Å². The maximum atomic E-state index is 13.9. The molecule has 2 N–H and O–H groups in total. The molecule has 0 radical (unpaired) electrons. The first kappa shape index (κ1) is 25.2. The summed E-state index contributed by atoms with van der Waals surface area (Å²) in [4.78, 5) is 13.9. The second-order valence-electron chi connectivity index (χ2n) is 14.1. The molecule has 0 bridgehead atoms. The van der Waals surface area contributed by atoms with Gasteiger partial charge >= 0.3 is 0 Å². The van der Waals surface area contributed by atoms with E-state index in [1.165, 1.54) is 18.4 Å². The monoisotopic (exact) mass is 456 g/mol.